The first-order valence-corrected chi connectivity index (χ1v) is 10.8. The minimum atomic E-state index is 0.329. The number of nitrogens with zero attached hydrogens (tertiary/aromatic N) is 2. The summed E-state index contributed by atoms with van der Waals surface area (Å²) in [6.45, 7) is 8.75. The summed E-state index contributed by atoms with van der Waals surface area (Å²) in [7, 11) is 0. The summed E-state index contributed by atoms with van der Waals surface area (Å²) in [5, 5.41) is 3.39. The van der Waals surface area contributed by atoms with Crippen molar-refractivity contribution in [1.82, 2.24) is 14.8 Å². The second-order valence-corrected chi connectivity index (χ2v) is 8.54. The molecule has 0 saturated carbocycles. The molecule has 0 aliphatic carbocycles. The van der Waals surface area contributed by atoms with Crippen molar-refractivity contribution >= 4 is 12.2 Å². The highest BCUT2D eigenvalue weighted by molar-refractivity contribution is 7.71. The number of benzene rings is 2. The molecule has 0 amide bonds. The zero-order valence-corrected chi connectivity index (χ0v) is 17.9. The summed E-state index contributed by atoms with van der Waals surface area (Å²) in [4.78, 5) is 7.69. The Hall–Kier alpha value is -2.68. The SMILES string of the molecule is Cc1ccc(-c2nc(=S)n(C[NH+]3CC[NH+](Cc4ccc5c(c4)OCO5)CC3)[nH]2)cc1. The fourth-order valence-corrected chi connectivity index (χ4v) is 4.36. The Morgan fingerprint density at radius 2 is 1.73 bits per heavy atom. The van der Waals surface area contributed by atoms with Gasteiger partial charge < -0.3 is 19.3 Å². The molecule has 0 radical (unpaired) electrons. The lowest BCUT2D eigenvalue weighted by molar-refractivity contribution is -1.03. The Bertz CT molecular complexity index is 1080. The lowest BCUT2D eigenvalue weighted by Gasteiger charge is -2.29. The van der Waals surface area contributed by atoms with E-state index in [-0.39, 0.29) is 0 Å². The lowest BCUT2D eigenvalue weighted by atomic mass is 10.1. The molecule has 30 heavy (non-hydrogen) atoms. The van der Waals surface area contributed by atoms with Crippen molar-refractivity contribution in [2.45, 2.75) is 20.1 Å². The summed E-state index contributed by atoms with van der Waals surface area (Å²) in [5.74, 6) is 2.56. The molecule has 0 spiro atoms. The van der Waals surface area contributed by atoms with Gasteiger partial charge in [0.05, 0.1) is 0 Å². The van der Waals surface area contributed by atoms with Crippen LogP contribution in [0.2, 0.25) is 0 Å². The number of hydrogen-bond donors (Lipinski definition) is 3. The lowest BCUT2D eigenvalue weighted by Crippen LogP contribution is -3.27. The van der Waals surface area contributed by atoms with Gasteiger partial charge in [0.1, 0.15) is 32.7 Å². The second kappa shape index (κ2) is 8.22. The maximum atomic E-state index is 5.51. The number of rotatable bonds is 5. The minimum absolute atomic E-state index is 0.329. The van der Waals surface area contributed by atoms with Crippen LogP contribution in [0, 0.1) is 11.7 Å². The van der Waals surface area contributed by atoms with Gasteiger partial charge in [-0.2, -0.15) is 4.98 Å². The van der Waals surface area contributed by atoms with E-state index in [1.165, 1.54) is 16.0 Å². The molecule has 1 fully saturated rings. The number of aromatic amines is 1. The van der Waals surface area contributed by atoms with Gasteiger partial charge in [-0.1, -0.05) is 29.8 Å². The smallest absolute Gasteiger partial charge is 0.231 e. The Kier molecular flexibility index (Phi) is 5.28. The number of ether oxygens (including phenoxy) is 2. The van der Waals surface area contributed by atoms with E-state index in [9.17, 15) is 0 Å². The highest BCUT2D eigenvalue weighted by Crippen LogP contribution is 2.32. The van der Waals surface area contributed by atoms with Crippen molar-refractivity contribution in [1.29, 1.82) is 0 Å². The summed E-state index contributed by atoms with van der Waals surface area (Å²) in [6, 6.07) is 14.6. The number of quaternary nitrogens is 2. The molecule has 156 valence electrons. The van der Waals surface area contributed by atoms with E-state index >= 15 is 0 Å². The van der Waals surface area contributed by atoms with Gasteiger partial charge in [-0.25, -0.2) is 4.68 Å². The molecule has 5 rings (SSSR count). The summed E-state index contributed by atoms with van der Waals surface area (Å²) in [6.07, 6.45) is 0. The predicted octanol–water partition coefficient (Wildman–Crippen LogP) is 0.586. The minimum Gasteiger partial charge on any atom is -0.454 e. The second-order valence-electron chi connectivity index (χ2n) is 8.17. The van der Waals surface area contributed by atoms with E-state index in [0.717, 1.165) is 62.3 Å². The van der Waals surface area contributed by atoms with Crippen LogP contribution >= 0.6 is 12.2 Å². The molecule has 0 atom stereocenters. The molecular formula is C22H27N5O2S+2. The molecule has 2 aliphatic rings. The van der Waals surface area contributed by atoms with Crippen molar-refractivity contribution in [3.63, 3.8) is 0 Å². The normalized spacial score (nSPS) is 20.4. The van der Waals surface area contributed by atoms with Gasteiger partial charge in [0.25, 0.3) is 0 Å². The van der Waals surface area contributed by atoms with Crippen LogP contribution in [0.15, 0.2) is 42.5 Å². The van der Waals surface area contributed by atoms with Gasteiger partial charge in [-0.05, 0) is 37.3 Å². The van der Waals surface area contributed by atoms with Gasteiger partial charge >= 0.3 is 0 Å². The third-order valence-corrected chi connectivity index (χ3v) is 6.25. The number of aryl methyl sites for hydroxylation is 1. The van der Waals surface area contributed by atoms with E-state index in [1.54, 1.807) is 4.90 Å². The zero-order chi connectivity index (χ0) is 20.5. The fourth-order valence-electron chi connectivity index (χ4n) is 4.16. The van der Waals surface area contributed by atoms with Crippen LogP contribution in [-0.2, 0) is 13.2 Å². The number of hydrogen-bond acceptors (Lipinski definition) is 4. The Morgan fingerprint density at radius 3 is 2.53 bits per heavy atom. The van der Waals surface area contributed by atoms with E-state index in [1.807, 2.05) is 10.7 Å². The third-order valence-electron chi connectivity index (χ3n) is 5.94. The van der Waals surface area contributed by atoms with Crippen LogP contribution in [0.5, 0.6) is 11.5 Å². The maximum Gasteiger partial charge on any atom is 0.231 e. The molecule has 1 saturated heterocycles. The van der Waals surface area contributed by atoms with Crippen LogP contribution in [-0.4, -0.2) is 47.7 Å². The monoisotopic (exact) mass is 425 g/mol. The van der Waals surface area contributed by atoms with Crippen molar-refractivity contribution in [2.24, 2.45) is 0 Å². The van der Waals surface area contributed by atoms with Crippen molar-refractivity contribution < 1.29 is 19.3 Å². The highest BCUT2D eigenvalue weighted by Gasteiger charge is 2.24. The first kappa shape index (κ1) is 19.3. The number of aromatic nitrogens is 3. The van der Waals surface area contributed by atoms with E-state index < -0.39 is 0 Å². The average molecular weight is 426 g/mol. The zero-order valence-electron chi connectivity index (χ0n) is 17.1. The third kappa shape index (κ3) is 4.12. The molecule has 3 heterocycles. The molecule has 1 aromatic heterocycles. The van der Waals surface area contributed by atoms with Crippen LogP contribution in [0.3, 0.4) is 0 Å². The maximum absolute atomic E-state index is 5.51. The van der Waals surface area contributed by atoms with Gasteiger partial charge in [0.2, 0.25) is 11.6 Å². The van der Waals surface area contributed by atoms with Crippen molar-refractivity contribution in [3.05, 3.63) is 58.4 Å². The number of nitrogens with one attached hydrogen (secondary N) is 3. The Labute approximate surface area is 180 Å². The summed E-state index contributed by atoms with van der Waals surface area (Å²) < 4.78 is 13.5. The van der Waals surface area contributed by atoms with Gasteiger partial charge in [-0.3, -0.25) is 5.10 Å². The molecule has 2 aliphatic heterocycles. The van der Waals surface area contributed by atoms with Crippen LogP contribution in [0.4, 0.5) is 0 Å². The van der Waals surface area contributed by atoms with E-state index in [0.29, 0.717) is 11.6 Å². The summed E-state index contributed by atoms with van der Waals surface area (Å²) in [5.41, 5.74) is 3.61. The highest BCUT2D eigenvalue weighted by atomic mass is 32.1. The van der Waals surface area contributed by atoms with Crippen LogP contribution in [0.1, 0.15) is 11.1 Å². The van der Waals surface area contributed by atoms with Crippen molar-refractivity contribution in [2.75, 3.05) is 33.0 Å². The fraction of sp³-hybridized carbons (Fsp3) is 0.364. The van der Waals surface area contributed by atoms with Crippen LogP contribution < -0.4 is 19.3 Å². The largest absolute Gasteiger partial charge is 0.454 e. The molecule has 8 heteroatoms. The Morgan fingerprint density at radius 1 is 1.00 bits per heavy atom. The van der Waals surface area contributed by atoms with E-state index in [4.69, 9.17) is 21.7 Å². The summed E-state index contributed by atoms with van der Waals surface area (Å²) >= 11 is 5.50. The first-order valence-electron chi connectivity index (χ1n) is 10.4. The quantitative estimate of drug-likeness (QED) is 0.524. The standard InChI is InChI=1S/C22H25N5O2S/c1-16-2-5-18(6-3-16)21-23-22(30)27(24-21)14-26-10-8-25(9-11-26)13-17-4-7-19-20(12-17)29-15-28-19/h2-7,12H,8-11,13-15H2,1H3,(H,23,24,30)/p+2. The Balaban J connectivity index is 1.17. The topological polar surface area (TPSA) is 61.0 Å². The molecule has 7 nitrogen and oxygen atoms in total. The average Bonchev–Trinajstić information content (AvgIpc) is 3.36. The molecule has 3 aromatic rings. The molecule has 0 unspecified atom stereocenters. The molecule has 2 aromatic carbocycles. The molecular weight excluding hydrogens is 398 g/mol. The van der Waals surface area contributed by atoms with E-state index in [2.05, 4.69) is 53.4 Å². The molecule has 3 N–H and O–H groups in total. The predicted molar refractivity (Wildman–Crippen MR) is 115 cm³/mol. The first-order chi connectivity index (χ1) is 14.6. The number of fused-ring (bicyclic) bond motifs is 1. The van der Waals surface area contributed by atoms with Crippen molar-refractivity contribution in [3.8, 4) is 22.9 Å². The number of piperazine rings is 1. The molecule has 0 bridgehead atoms. The van der Waals surface area contributed by atoms with Gasteiger partial charge in [0, 0.05) is 11.1 Å². The van der Waals surface area contributed by atoms with Crippen LogP contribution in [0.25, 0.3) is 11.4 Å². The van der Waals surface area contributed by atoms with Gasteiger partial charge in [0.15, 0.2) is 24.0 Å². The van der Waals surface area contributed by atoms with Gasteiger partial charge in [-0.15, -0.1) is 0 Å². The number of H-pyrrole nitrogens is 1.